The Kier molecular flexibility index (Phi) is 5.01. The summed E-state index contributed by atoms with van der Waals surface area (Å²) in [5, 5.41) is 3.75. The SMILES string of the molecule is CCSC1CCCC1NC(=O)c1ccc(S)cc1. The van der Waals surface area contributed by atoms with E-state index in [4.69, 9.17) is 0 Å². The van der Waals surface area contributed by atoms with Crippen LogP contribution in [-0.4, -0.2) is 23.0 Å². The molecule has 1 aromatic carbocycles. The lowest BCUT2D eigenvalue weighted by Crippen LogP contribution is -2.38. The van der Waals surface area contributed by atoms with Crippen LogP contribution in [0, 0.1) is 0 Å². The number of benzene rings is 1. The molecule has 0 radical (unpaired) electrons. The van der Waals surface area contributed by atoms with E-state index < -0.39 is 0 Å². The predicted molar refractivity (Wildman–Crippen MR) is 80.7 cm³/mol. The quantitative estimate of drug-likeness (QED) is 0.829. The van der Waals surface area contributed by atoms with Gasteiger partial charge >= 0.3 is 0 Å². The number of hydrogen-bond donors (Lipinski definition) is 2. The molecule has 1 fully saturated rings. The maximum Gasteiger partial charge on any atom is 0.251 e. The van der Waals surface area contributed by atoms with Crippen molar-refractivity contribution in [3.63, 3.8) is 0 Å². The number of carbonyl (C=O) groups excluding carboxylic acids is 1. The molecule has 4 heteroatoms. The van der Waals surface area contributed by atoms with Crippen LogP contribution in [0.5, 0.6) is 0 Å². The largest absolute Gasteiger partial charge is 0.348 e. The summed E-state index contributed by atoms with van der Waals surface area (Å²) in [5.41, 5.74) is 0.722. The Hall–Kier alpha value is -0.610. The van der Waals surface area contributed by atoms with Crippen molar-refractivity contribution in [3.8, 4) is 0 Å². The lowest BCUT2D eigenvalue weighted by molar-refractivity contribution is 0.0938. The van der Waals surface area contributed by atoms with E-state index in [1.54, 1.807) is 0 Å². The molecule has 1 amide bonds. The highest BCUT2D eigenvalue weighted by Gasteiger charge is 2.28. The van der Waals surface area contributed by atoms with Crippen molar-refractivity contribution in [2.75, 3.05) is 5.75 Å². The average Bonchev–Trinajstić information content (AvgIpc) is 2.78. The van der Waals surface area contributed by atoms with Crippen LogP contribution in [-0.2, 0) is 0 Å². The predicted octanol–water partition coefficient (Wildman–Crippen LogP) is 3.38. The van der Waals surface area contributed by atoms with E-state index in [1.807, 2.05) is 36.0 Å². The first-order chi connectivity index (χ1) is 8.70. The van der Waals surface area contributed by atoms with Gasteiger partial charge in [0.1, 0.15) is 0 Å². The maximum atomic E-state index is 12.1. The Labute approximate surface area is 118 Å². The fourth-order valence-corrected chi connectivity index (χ4v) is 3.72. The van der Waals surface area contributed by atoms with Crippen LogP contribution >= 0.6 is 24.4 Å². The van der Waals surface area contributed by atoms with Gasteiger partial charge in [0.05, 0.1) is 0 Å². The number of nitrogens with one attached hydrogen (secondary N) is 1. The summed E-state index contributed by atoms with van der Waals surface area (Å²) < 4.78 is 0. The number of rotatable bonds is 4. The smallest absolute Gasteiger partial charge is 0.251 e. The zero-order valence-corrected chi connectivity index (χ0v) is 12.3. The monoisotopic (exact) mass is 281 g/mol. The Bertz CT molecular complexity index is 405. The van der Waals surface area contributed by atoms with Crippen molar-refractivity contribution in [1.29, 1.82) is 0 Å². The fourth-order valence-electron chi connectivity index (χ4n) is 2.37. The van der Waals surface area contributed by atoms with Gasteiger partial charge in [0.2, 0.25) is 0 Å². The Morgan fingerprint density at radius 1 is 1.39 bits per heavy atom. The van der Waals surface area contributed by atoms with E-state index in [-0.39, 0.29) is 5.91 Å². The summed E-state index contributed by atoms with van der Waals surface area (Å²) in [7, 11) is 0. The van der Waals surface area contributed by atoms with Gasteiger partial charge in [-0.3, -0.25) is 4.79 Å². The van der Waals surface area contributed by atoms with Gasteiger partial charge in [-0.25, -0.2) is 0 Å². The number of hydrogen-bond acceptors (Lipinski definition) is 3. The molecule has 2 rings (SSSR count). The third kappa shape index (κ3) is 3.45. The number of carbonyl (C=O) groups is 1. The fraction of sp³-hybridized carbons (Fsp3) is 0.500. The zero-order valence-electron chi connectivity index (χ0n) is 10.6. The van der Waals surface area contributed by atoms with Gasteiger partial charge < -0.3 is 5.32 Å². The molecule has 0 heterocycles. The average molecular weight is 281 g/mol. The van der Waals surface area contributed by atoms with Gasteiger partial charge in [0, 0.05) is 21.8 Å². The van der Waals surface area contributed by atoms with Gasteiger partial charge in [-0.1, -0.05) is 13.3 Å². The van der Waals surface area contributed by atoms with Gasteiger partial charge in [-0.15, -0.1) is 12.6 Å². The molecule has 0 saturated heterocycles. The lowest BCUT2D eigenvalue weighted by Gasteiger charge is -2.20. The minimum absolute atomic E-state index is 0.0388. The van der Waals surface area contributed by atoms with E-state index in [0.717, 1.165) is 22.6 Å². The normalized spacial score (nSPS) is 23.0. The molecule has 2 nitrogen and oxygen atoms in total. The van der Waals surface area contributed by atoms with Crippen LogP contribution in [0.4, 0.5) is 0 Å². The van der Waals surface area contributed by atoms with Crippen molar-refractivity contribution in [3.05, 3.63) is 29.8 Å². The van der Waals surface area contributed by atoms with E-state index >= 15 is 0 Å². The standard InChI is InChI=1S/C14H19NOS2/c1-2-18-13-5-3-4-12(13)15-14(16)10-6-8-11(17)9-7-10/h6-9,12-13,17H,2-5H2,1H3,(H,15,16). The Balaban J connectivity index is 1.96. The molecule has 0 spiro atoms. The van der Waals surface area contributed by atoms with Crippen molar-refractivity contribution >= 4 is 30.3 Å². The summed E-state index contributed by atoms with van der Waals surface area (Å²) in [5.74, 6) is 1.16. The zero-order chi connectivity index (χ0) is 13.0. The van der Waals surface area contributed by atoms with Crippen LogP contribution in [0.25, 0.3) is 0 Å². The van der Waals surface area contributed by atoms with Crippen LogP contribution in [0.3, 0.4) is 0 Å². The van der Waals surface area contributed by atoms with E-state index in [0.29, 0.717) is 11.3 Å². The molecule has 18 heavy (non-hydrogen) atoms. The molecule has 98 valence electrons. The molecule has 2 unspecified atom stereocenters. The number of amides is 1. The minimum Gasteiger partial charge on any atom is -0.348 e. The second-order valence-electron chi connectivity index (χ2n) is 4.55. The molecule has 0 bridgehead atoms. The molecule has 1 aromatic rings. The third-order valence-corrected chi connectivity index (χ3v) is 4.90. The van der Waals surface area contributed by atoms with Crippen LogP contribution in [0.15, 0.2) is 29.2 Å². The Morgan fingerprint density at radius 2 is 2.11 bits per heavy atom. The van der Waals surface area contributed by atoms with Crippen molar-refractivity contribution < 1.29 is 4.79 Å². The highest BCUT2D eigenvalue weighted by Crippen LogP contribution is 2.30. The van der Waals surface area contributed by atoms with Crippen molar-refractivity contribution in [2.24, 2.45) is 0 Å². The van der Waals surface area contributed by atoms with Crippen LogP contribution < -0.4 is 5.32 Å². The third-order valence-electron chi connectivity index (χ3n) is 3.28. The summed E-state index contributed by atoms with van der Waals surface area (Å²) >= 11 is 6.18. The first kappa shape index (κ1) is 13.8. The molecular weight excluding hydrogens is 262 g/mol. The second-order valence-corrected chi connectivity index (χ2v) is 6.58. The summed E-state index contributed by atoms with van der Waals surface area (Å²) in [6.45, 7) is 2.17. The first-order valence-corrected chi connectivity index (χ1v) is 7.92. The summed E-state index contributed by atoms with van der Waals surface area (Å²) in [6.07, 6.45) is 3.55. The lowest BCUT2D eigenvalue weighted by atomic mass is 10.2. The first-order valence-electron chi connectivity index (χ1n) is 6.42. The van der Waals surface area contributed by atoms with Gasteiger partial charge in [-0.2, -0.15) is 11.8 Å². The van der Waals surface area contributed by atoms with E-state index in [9.17, 15) is 4.79 Å². The maximum absolute atomic E-state index is 12.1. The van der Waals surface area contributed by atoms with Gasteiger partial charge in [0.25, 0.3) is 5.91 Å². The van der Waals surface area contributed by atoms with Crippen molar-refractivity contribution in [2.45, 2.75) is 42.4 Å². The molecule has 0 aliphatic heterocycles. The highest BCUT2D eigenvalue weighted by atomic mass is 32.2. The van der Waals surface area contributed by atoms with E-state index in [2.05, 4.69) is 24.9 Å². The van der Waals surface area contributed by atoms with E-state index in [1.165, 1.54) is 12.8 Å². The number of thiol groups is 1. The topological polar surface area (TPSA) is 29.1 Å². The molecule has 2 atom stereocenters. The number of thioether (sulfide) groups is 1. The summed E-state index contributed by atoms with van der Waals surface area (Å²) in [4.78, 5) is 13.0. The van der Waals surface area contributed by atoms with Crippen molar-refractivity contribution in [1.82, 2.24) is 5.32 Å². The Morgan fingerprint density at radius 3 is 2.78 bits per heavy atom. The van der Waals surface area contributed by atoms with Gasteiger partial charge in [-0.05, 0) is 42.9 Å². The van der Waals surface area contributed by atoms with Crippen LogP contribution in [0.2, 0.25) is 0 Å². The summed E-state index contributed by atoms with van der Waals surface area (Å²) in [6, 6.07) is 7.69. The molecule has 1 N–H and O–H groups in total. The van der Waals surface area contributed by atoms with Crippen LogP contribution in [0.1, 0.15) is 36.5 Å². The van der Waals surface area contributed by atoms with Gasteiger partial charge in [0.15, 0.2) is 0 Å². The molecular formula is C14H19NOS2. The molecule has 1 saturated carbocycles. The molecule has 1 aliphatic rings. The minimum atomic E-state index is 0.0388. The second kappa shape index (κ2) is 6.53. The molecule has 0 aromatic heterocycles. The molecule has 1 aliphatic carbocycles. The highest BCUT2D eigenvalue weighted by molar-refractivity contribution is 7.99.